The Labute approximate surface area is 93.5 Å². The molecule has 1 aromatic carbocycles. The molecule has 1 aromatic rings. The van der Waals surface area contributed by atoms with Gasteiger partial charge in [-0.25, -0.2) is 21.5 Å². The fourth-order valence-electron chi connectivity index (χ4n) is 0.947. The number of hydrogen-bond acceptors (Lipinski definition) is 4. The van der Waals surface area contributed by atoms with Gasteiger partial charge in [0.15, 0.2) is 0 Å². The van der Waals surface area contributed by atoms with Crippen molar-refractivity contribution in [1.29, 1.82) is 0 Å². The summed E-state index contributed by atoms with van der Waals surface area (Å²) >= 11 is 0. The largest absolute Gasteiger partial charge is 0.497 e. The maximum atomic E-state index is 11.0. The number of carbonyl (C=O) groups is 1. The van der Waals surface area contributed by atoms with Gasteiger partial charge in [-0.3, -0.25) is 5.43 Å². The average molecular weight is 233 g/mol. The Morgan fingerprint density at radius 3 is 2.73 bits per heavy atom. The topological polar surface area (TPSA) is 93.6 Å². The van der Waals surface area contributed by atoms with E-state index in [1.165, 1.54) is 7.11 Å². The quantitative estimate of drug-likeness (QED) is 0.390. The number of methoxy groups -OCH3 is 1. The van der Waals surface area contributed by atoms with Crippen LogP contribution in [0.15, 0.2) is 24.3 Å². The lowest BCUT2D eigenvalue weighted by Gasteiger charge is -2.15. The van der Waals surface area contributed by atoms with Crippen molar-refractivity contribution >= 4 is 24.1 Å². The summed E-state index contributed by atoms with van der Waals surface area (Å²) in [6.45, 7) is 0. The Balaban J connectivity index is 0.00000196. The first-order chi connectivity index (χ1) is 6.69. The number of nitrogens with two attached hydrogens (primary N) is 2. The highest BCUT2D eigenvalue weighted by Gasteiger charge is 2.09. The second-order valence-corrected chi connectivity index (χ2v) is 2.52. The van der Waals surface area contributed by atoms with Gasteiger partial charge in [0.2, 0.25) is 0 Å². The van der Waals surface area contributed by atoms with Crippen LogP contribution in [0.3, 0.4) is 0 Å². The second-order valence-electron chi connectivity index (χ2n) is 2.52. The molecule has 0 aromatic heterocycles. The third kappa shape index (κ3) is 3.28. The summed E-state index contributed by atoms with van der Waals surface area (Å²) in [5, 5.41) is 0.891. The zero-order chi connectivity index (χ0) is 10.6. The first kappa shape index (κ1) is 13.5. The van der Waals surface area contributed by atoms with Gasteiger partial charge in [-0.1, -0.05) is 6.07 Å². The zero-order valence-corrected chi connectivity index (χ0v) is 8.95. The van der Waals surface area contributed by atoms with Crippen molar-refractivity contribution in [3.63, 3.8) is 0 Å². The summed E-state index contributed by atoms with van der Waals surface area (Å²) in [5.41, 5.74) is 2.41. The van der Waals surface area contributed by atoms with E-state index in [1.54, 1.807) is 24.3 Å². The van der Waals surface area contributed by atoms with Crippen LogP contribution in [-0.4, -0.2) is 13.1 Å². The third-order valence-electron chi connectivity index (χ3n) is 1.67. The van der Waals surface area contributed by atoms with E-state index in [-0.39, 0.29) is 12.4 Å². The third-order valence-corrected chi connectivity index (χ3v) is 1.67. The number of hydrogen-bond donors (Lipinski definition) is 3. The number of anilines is 1. The molecule has 84 valence electrons. The first-order valence-corrected chi connectivity index (χ1v) is 3.88. The predicted molar refractivity (Wildman–Crippen MR) is 59.6 cm³/mol. The van der Waals surface area contributed by atoms with Crippen LogP contribution < -0.4 is 26.9 Å². The minimum atomic E-state index is -0.599. The number of amides is 2. The minimum Gasteiger partial charge on any atom is -0.497 e. The van der Waals surface area contributed by atoms with E-state index < -0.39 is 6.03 Å². The molecule has 5 N–H and O–H groups in total. The SMILES string of the molecule is COc1cccc(N(N)C(=O)NN)c1.Cl. The summed E-state index contributed by atoms with van der Waals surface area (Å²) in [7, 11) is 1.53. The van der Waals surface area contributed by atoms with E-state index in [0.29, 0.717) is 11.4 Å². The van der Waals surface area contributed by atoms with E-state index in [2.05, 4.69) is 0 Å². The molecule has 0 aliphatic rings. The van der Waals surface area contributed by atoms with Crippen molar-refractivity contribution < 1.29 is 9.53 Å². The molecule has 0 saturated heterocycles. The van der Waals surface area contributed by atoms with E-state index in [0.717, 1.165) is 5.01 Å². The Morgan fingerprint density at radius 1 is 1.53 bits per heavy atom. The average Bonchev–Trinajstić information content (AvgIpc) is 2.27. The van der Waals surface area contributed by atoms with Gasteiger partial charge in [-0.2, -0.15) is 0 Å². The van der Waals surface area contributed by atoms with Gasteiger partial charge in [0.25, 0.3) is 0 Å². The van der Waals surface area contributed by atoms with E-state index in [9.17, 15) is 4.79 Å². The standard InChI is InChI=1S/C8H12N4O2.ClH/c1-14-7-4-2-3-6(5-7)12(10)8(13)11-9;/h2-5H,9-10H2,1H3,(H,11,13);1H. The molecule has 2 amide bonds. The number of carbonyl (C=O) groups excluding carboxylic acids is 1. The van der Waals surface area contributed by atoms with E-state index >= 15 is 0 Å². The zero-order valence-electron chi connectivity index (χ0n) is 8.14. The molecule has 6 nitrogen and oxygen atoms in total. The Kier molecular flexibility index (Phi) is 5.46. The molecule has 1 rings (SSSR count). The van der Waals surface area contributed by atoms with Gasteiger partial charge in [0.05, 0.1) is 12.8 Å². The van der Waals surface area contributed by atoms with Gasteiger partial charge in [-0.05, 0) is 12.1 Å². The highest BCUT2D eigenvalue weighted by Crippen LogP contribution is 2.18. The first-order valence-electron chi connectivity index (χ1n) is 3.88. The molecule has 0 fully saturated rings. The molecular formula is C8H13ClN4O2. The molecule has 0 heterocycles. The highest BCUT2D eigenvalue weighted by atomic mass is 35.5. The Bertz CT molecular complexity index is 334. The summed E-state index contributed by atoms with van der Waals surface area (Å²) in [6.07, 6.45) is 0. The van der Waals surface area contributed by atoms with Gasteiger partial charge in [0, 0.05) is 6.07 Å². The van der Waals surface area contributed by atoms with Crippen molar-refractivity contribution in [3.05, 3.63) is 24.3 Å². The molecule has 0 radical (unpaired) electrons. The van der Waals surface area contributed by atoms with Gasteiger partial charge < -0.3 is 4.74 Å². The number of nitrogens with one attached hydrogen (secondary N) is 1. The van der Waals surface area contributed by atoms with Crippen molar-refractivity contribution in [2.75, 3.05) is 12.1 Å². The van der Waals surface area contributed by atoms with E-state index in [4.69, 9.17) is 16.4 Å². The fourth-order valence-corrected chi connectivity index (χ4v) is 0.947. The lowest BCUT2D eigenvalue weighted by molar-refractivity contribution is 0.246. The van der Waals surface area contributed by atoms with Crippen LogP contribution in [0.5, 0.6) is 5.75 Å². The van der Waals surface area contributed by atoms with Crippen LogP contribution in [0.1, 0.15) is 0 Å². The molecule has 0 unspecified atom stereocenters. The lowest BCUT2D eigenvalue weighted by Crippen LogP contribution is -2.47. The van der Waals surface area contributed by atoms with Crippen molar-refractivity contribution in [2.24, 2.45) is 11.7 Å². The molecule has 15 heavy (non-hydrogen) atoms. The van der Waals surface area contributed by atoms with Crippen molar-refractivity contribution in [3.8, 4) is 5.75 Å². The summed E-state index contributed by atoms with van der Waals surface area (Å²) in [5.74, 6) is 11.0. The fraction of sp³-hybridized carbons (Fsp3) is 0.125. The molecular weight excluding hydrogens is 220 g/mol. The monoisotopic (exact) mass is 232 g/mol. The second kappa shape index (κ2) is 6.07. The van der Waals surface area contributed by atoms with Crippen molar-refractivity contribution in [2.45, 2.75) is 0 Å². The molecule has 7 heteroatoms. The lowest BCUT2D eigenvalue weighted by atomic mass is 10.3. The molecule has 0 aliphatic heterocycles. The predicted octanol–water partition coefficient (Wildman–Crippen LogP) is 0.380. The number of nitrogens with zero attached hydrogens (tertiary/aromatic N) is 1. The number of urea groups is 1. The summed E-state index contributed by atoms with van der Waals surface area (Å²) < 4.78 is 4.97. The normalized spacial score (nSPS) is 8.73. The number of ether oxygens (including phenoxy) is 1. The molecule has 0 bridgehead atoms. The number of hydrazine groups is 2. The molecule has 0 aliphatic carbocycles. The Hall–Kier alpha value is -1.50. The highest BCUT2D eigenvalue weighted by molar-refractivity contribution is 5.90. The smallest absolute Gasteiger partial charge is 0.350 e. The number of halogens is 1. The minimum absolute atomic E-state index is 0. The molecule has 0 atom stereocenters. The maximum absolute atomic E-state index is 11.0. The number of benzene rings is 1. The van der Waals surface area contributed by atoms with Gasteiger partial charge in [0.1, 0.15) is 5.75 Å². The summed E-state index contributed by atoms with van der Waals surface area (Å²) in [6, 6.07) is 6.15. The molecule has 0 spiro atoms. The van der Waals surface area contributed by atoms with Crippen LogP contribution in [0.2, 0.25) is 0 Å². The van der Waals surface area contributed by atoms with Crippen molar-refractivity contribution in [1.82, 2.24) is 5.43 Å². The summed E-state index contributed by atoms with van der Waals surface area (Å²) in [4.78, 5) is 11.0. The van der Waals surface area contributed by atoms with Crippen LogP contribution in [0, 0.1) is 0 Å². The van der Waals surface area contributed by atoms with Gasteiger partial charge >= 0.3 is 6.03 Å². The van der Waals surface area contributed by atoms with Crippen LogP contribution in [0.25, 0.3) is 0 Å². The van der Waals surface area contributed by atoms with Gasteiger partial charge in [-0.15, -0.1) is 12.4 Å². The van der Waals surface area contributed by atoms with Crippen LogP contribution in [0.4, 0.5) is 10.5 Å². The molecule has 0 saturated carbocycles. The van der Waals surface area contributed by atoms with E-state index in [1.807, 2.05) is 5.43 Å². The van der Waals surface area contributed by atoms with Crippen LogP contribution in [-0.2, 0) is 0 Å². The van der Waals surface area contributed by atoms with Crippen LogP contribution >= 0.6 is 12.4 Å². The Morgan fingerprint density at radius 2 is 2.20 bits per heavy atom. The number of rotatable bonds is 2. The maximum Gasteiger partial charge on any atom is 0.350 e.